The average molecular weight is 260 g/mol. The minimum Gasteiger partial charge on any atom is -0.391 e. The Bertz CT molecular complexity index is 440. The number of rotatable bonds is 7. The summed E-state index contributed by atoms with van der Waals surface area (Å²) in [4.78, 5) is 15.0. The SMILES string of the molecule is C=C/C=C(\C=C/C(C)C=O)C(=NC)/C(C)=C(\C)NC. The van der Waals surface area contributed by atoms with Crippen LogP contribution in [0.15, 0.2) is 52.7 Å². The van der Waals surface area contributed by atoms with E-state index in [-0.39, 0.29) is 5.92 Å². The Kier molecular flexibility index (Phi) is 8.18. The molecule has 1 atom stereocenters. The average Bonchev–Trinajstić information content (AvgIpc) is 2.43. The fourth-order valence-electron chi connectivity index (χ4n) is 1.52. The molecular formula is C16H24N2O. The molecule has 19 heavy (non-hydrogen) atoms. The molecule has 0 amide bonds. The molecule has 3 nitrogen and oxygen atoms in total. The number of carbonyl (C=O) groups is 1. The molecule has 0 bridgehead atoms. The van der Waals surface area contributed by atoms with Gasteiger partial charge in [-0.1, -0.05) is 37.8 Å². The lowest BCUT2D eigenvalue weighted by Crippen LogP contribution is -2.12. The summed E-state index contributed by atoms with van der Waals surface area (Å²) in [6.07, 6.45) is 8.29. The summed E-state index contributed by atoms with van der Waals surface area (Å²) in [5, 5.41) is 3.12. The molecule has 0 heterocycles. The molecule has 0 rings (SSSR count). The van der Waals surface area contributed by atoms with Crippen molar-refractivity contribution < 1.29 is 4.79 Å². The van der Waals surface area contributed by atoms with Crippen LogP contribution in [0.2, 0.25) is 0 Å². The number of allylic oxidation sites excluding steroid dienone is 7. The van der Waals surface area contributed by atoms with Gasteiger partial charge >= 0.3 is 0 Å². The molecule has 0 radical (unpaired) electrons. The quantitative estimate of drug-likeness (QED) is 0.434. The van der Waals surface area contributed by atoms with Crippen LogP contribution in [-0.2, 0) is 4.79 Å². The number of aldehydes is 1. The van der Waals surface area contributed by atoms with Gasteiger partial charge in [-0.15, -0.1) is 0 Å². The fraction of sp³-hybridized carbons (Fsp3) is 0.375. The van der Waals surface area contributed by atoms with Gasteiger partial charge < -0.3 is 10.1 Å². The van der Waals surface area contributed by atoms with Crippen molar-refractivity contribution in [3.05, 3.63) is 47.7 Å². The lowest BCUT2D eigenvalue weighted by Gasteiger charge is -2.11. The maximum atomic E-state index is 10.7. The van der Waals surface area contributed by atoms with E-state index in [1.807, 2.05) is 46.0 Å². The molecule has 104 valence electrons. The van der Waals surface area contributed by atoms with Crippen molar-refractivity contribution in [1.82, 2.24) is 5.32 Å². The summed E-state index contributed by atoms with van der Waals surface area (Å²) in [5.41, 5.74) is 3.97. The van der Waals surface area contributed by atoms with Crippen LogP contribution in [0.3, 0.4) is 0 Å². The van der Waals surface area contributed by atoms with E-state index in [4.69, 9.17) is 0 Å². The van der Waals surface area contributed by atoms with Crippen molar-refractivity contribution in [2.75, 3.05) is 14.1 Å². The van der Waals surface area contributed by atoms with Gasteiger partial charge in [0.05, 0.1) is 5.71 Å². The van der Waals surface area contributed by atoms with Crippen LogP contribution in [0.4, 0.5) is 0 Å². The molecule has 0 saturated heterocycles. The molecule has 0 aliphatic carbocycles. The van der Waals surface area contributed by atoms with Crippen molar-refractivity contribution in [1.29, 1.82) is 0 Å². The van der Waals surface area contributed by atoms with Gasteiger partial charge in [0.2, 0.25) is 0 Å². The second-order valence-corrected chi connectivity index (χ2v) is 4.28. The van der Waals surface area contributed by atoms with Gasteiger partial charge in [-0.25, -0.2) is 0 Å². The molecule has 0 aromatic carbocycles. The van der Waals surface area contributed by atoms with Crippen molar-refractivity contribution in [2.45, 2.75) is 20.8 Å². The summed E-state index contributed by atoms with van der Waals surface area (Å²) in [5.74, 6) is -0.110. The lowest BCUT2D eigenvalue weighted by molar-refractivity contribution is -0.109. The Morgan fingerprint density at radius 1 is 1.37 bits per heavy atom. The molecule has 3 heteroatoms. The highest BCUT2D eigenvalue weighted by molar-refractivity contribution is 6.14. The molecule has 0 spiro atoms. The maximum absolute atomic E-state index is 10.7. The third-order valence-corrected chi connectivity index (χ3v) is 2.88. The minimum absolute atomic E-state index is 0.110. The third kappa shape index (κ3) is 5.51. The predicted octanol–water partition coefficient (Wildman–Crippen LogP) is 3.07. The molecule has 0 aliphatic heterocycles. The number of carbonyl (C=O) groups excluding carboxylic acids is 1. The number of hydrogen-bond acceptors (Lipinski definition) is 3. The first-order valence-electron chi connectivity index (χ1n) is 6.30. The van der Waals surface area contributed by atoms with Gasteiger partial charge in [0.25, 0.3) is 0 Å². The van der Waals surface area contributed by atoms with Crippen LogP contribution in [0.1, 0.15) is 20.8 Å². The number of aliphatic imine (C=N–C) groups is 1. The molecule has 0 fully saturated rings. The highest BCUT2D eigenvalue weighted by Crippen LogP contribution is 2.13. The van der Waals surface area contributed by atoms with E-state index in [2.05, 4.69) is 16.9 Å². The van der Waals surface area contributed by atoms with Gasteiger partial charge in [0.15, 0.2) is 0 Å². The van der Waals surface area contributed by atoms with Gasteiger partial charge in [0.1, 0.15) is 6.29 Å². The smallest absolute Gasteiger partial charge is 0.126 e. The molecular weight excluding hydrogens is 236 g/mol. The van der Waals surface area contributed by atoms with E-state index in [1.54, 1.807) is 13.1 Å². The lowest BCUT2D eigenvalue weighted by atomic mass is 9.99. The topological polar surface area (TPSA) is 41.5 Å². The van der Waals surface area contributed by atoms with Crippen LogP contribution in [0.25, 0.3) is 0 Å². The van der Waals surface area contributed by atoms with Crippen molar-refractivity contribution in [3.8, 4) is 0 Å². The van der Waals surface area contributed by atoms with E-state index in [1.165, 1.54) is 0 Å². The Morgan fingerprint density at radius 2 is 2.00 bits per heavy atom. The maximum Gasteiger partial charge on any atom is 0.126 e. The highest BCUT2D eigenvalue weighted by Gasteiger charge is 2.08. The number of nitrogens with one attached hydrogen (secondary N) is 1. The summed E-state index contributed by atoms with van der Waals surface area (Å²) in [6, 6.07) is 0. The van der Waals surface area contributed by atoms with E-state index in [9.17, 15) is 4.79 Å². The first-order valence-corrected chi connectivity index (χ1v) is 6.30. The van der Waals surface area contributed by atoms with E-state index in [0.29, 0.717) is 0 Å². The second-order valence-electron chi connectivity index (χ2n) is 4.28. The largest absolute Gasteiger partial charge is 0.391 e. The summed E-state index contributed by atoms with van der Waals surface area (Å²) >= 11 is 0. The second kappa shape index (κ2) is 9.09. The summed E-state index contributed by atoms with van der Waals surface area (Å²) in [6.45, 7) is 9.59. The number of nitrogens with zero attached hydrogens (tertiary/aromatic N) is 1. The Balaban J connectivity index is 5.52. The monoisotopic (exact) mass is 260 g/mol. The minimum atomic E-state index is -0.110. The molecule has 0 saturated carbocycles. The Labute approximate surface area is 116 Å². The summed E-state index contributed by atoms with van der Waals surface area (Å²) < 4.78 is 0. The Hall–Kier alpha value is -1.90. The normalized spacial score (nSPS) is 16.1. The molecule has 0 aromatic rings. The zero-order valence-corrected chi connectivity index (χ0v) is 12.5. The van der Waals surface area contributed by atoms with Crippen molar-refractivity contribution >= 4 is 12.0 Å². The Morgan fingerprint density at radius 3 is 2.42 bits per heavy atom. The van der Waals surface area contributed by atoms with Crippen LogP contribution >= 0.6 is 0 Å². The van der Waals surface area contributed by atoms with E-state index in [0.717, 1.165) is 28.8 Å². The van der Waals surface area contributed by atoms with Crippen LogP contribution < -0.4 is 5.32 Å². The first-order chi connectivity index (χ1) is 9.01. The third-order valence-electron chi connectivity index (χ3n) is 2.88. The van der Waals surface area contributed by atoms with Gasteiger partial charge in [-0.05, 0) is 25.0 Å². The molecule has 0 aromatic heterocycles. The van der Waals surface area contributed by atoms with Gasteiger partial charge in [0, 0.05) is 25.7 Å². The predicted molar refractivity (Wildman–Crippen MR) is 83.4 cm³/mol. The number of hydrogen-bond donors (Lipinski definition) is 1. The highest BCUT2D eigenvalue weighted by atomic mass is 16.1. The fourth-order valence-corrected chi connectivity index (χ4v) is 1.52. The molecule has 1 N–H and O–H groups in total. The zero-order chi connectivity index (χ0) is 14.8. The van der Waals surface area contributed by atoms with E-state index < -0.39 is 0 Å². The van der Waals surface area contributed by atoms with Crippen LogP contribution in [-0.4, -0.2) is 26.1 Å². The van der Waals surface area contributed by atoms with Crippen molar-refractivity contribution in [2.24, 2.45) is 10.9 Å². The summed E-state index contributed by atoms with van der Waals surface area (Å²) in [7, 11) is 3.64. The van der Waals surface area contributed by atoms with Crippen molar-refractivity contribution in [3.63, 3.8) is 0 Å². The van der Waals surface area contributed by atoms with Crippen LogP contribution in [0.5, 0.6) is 0 Å². The molecule has 0 aliphatic rings. The zero-order valence-electron chi connectivity index (χ0n) is 12.5. The first kappa shape index (κ1) is 17.1. The van der Waals surface area contributed by atoms with Gasteiger partial charge in [-0.3, -0.25) is 4.99 Å². The standard InChI is InChI=1S/C16H24N2O/c1-7-8-15(10-9-12(2)11-19)16(18-6)13(3)14(4)17-5/h7-12,17H,1H2,2-6H3/b10-9-,14-13+,15-8+,18-16?. The van der Waals surface area contributed by atoms with Gasteiger partial charge in [-0.2, -0.15) is 0 Å². The van der Waals surface area contributed by atoms with Crippen LogP contribution in [0, 0.1) is 5.92 Å². The molecule has 1 unspecified atom stereocenters. The van der Waals surface area contributed by atoms with E-state index >= 15 is 0 Å².